The number of rotatable bonds is 7. The van der Waals surface area contributed by atoms with Crippen molar-refractivity contribution in [2.24, 2.45) is 0 Å². The number of amides is 1. The number of carbonyl (C=O) groups excluding carboxylic acids is 1. The summed E-state index contributed by atoms with van der Waals surface area (Å²) in [7, 11) is 0. The molecular formula is C17H26N6O. The van der Waals surface area contributed by atoms with Gasteiger partial charge in [0.25, 0.3) is 0 Å². The summed E-state index contributed by atoms with van der Waals surface area (Å²) in [5.74, 6) is 0.977. The lowest BCUT2D eigenvalue weighted by molar-refractivity contribution is -0.121. The van der Waals surface area contributed by atoms with Gasteiger partial charge < -0.3 is 9.88 Å². The molecule has 0 fully saturated rings. The molecule has 1 aliphatic carbocycles. The molecule has 3 rings (SSSR count). The van der Waals surface area contributed by atoms with E-state index in [4.69, 9.17) is 0 Å². The number of aromatic nitrogens is 5. The Labute approximate surface area is 142 Å². The molecule has 0 unspecified atom stereocenters. The van der Waals surface area contributed by atoms with E-state index >= 15 is 0 Å². The molecule has 24 heavy (non-hydrogen) atoms. The van der Waals surface area contributed by atoms with Crippen LogP contribution in [0.1, 0.15) is 61.9 Å². The normalized spacial score (nSPS) is 14.0. The minimum atomic E-state index is 0.0678. The van der Waals surface area contributed by atoms with Gasteiger partial charge in [-0.1, -0.05) is 0 Å². The Hall–Kier alpha value is -2.18. The second kappa shape index (κ2) is 7.59. The first-order chi connectivity index (χ1) is 11.6. The van der Waals surface area contributed by atoms with Crippen LogP contribution in [0.25, 0.3) is 0 Å². The number of hydrogen-bond donors (Lipinski definition) is 2. The van der Waals surface area contributed by atoms with E-state index in [1.165, 1.54) is 24.1 Å². The molecule has 1 amide bonds. The van der Waals surface area contributed by atoms with Gasteiger partial charge in [-0.2, -0.15) is 5.10 Å². The van der Waals surface area contributed by atoms with Crippen LogP contribution in [0.3, 0.4) is 0 Å². The largest absolute Gasteiger partial charge is 0.356 e. The third-order valence-corrected chi connectivity index (χ3v) is 4.61. The number of nitrogens with zero attached hydrogens (tertiary/aromatic N) is 4. The molecule has 2 N–H and O–H groups in total. The number of hydrogen-bond acceptors (Lipinski definition) is 4. The Morgan fingerprint density at radius 2 is 2.17 bits per heavy atom. The van der Waals surface area contributed by atoms with E-state index in [-0.39, 0.29) is 5.91 Å². The van der Waals surface area contributed by atoms with Crippen LogP contribution < -0.4 is 5.32 Å². The Morgan fingerprint density at radius 3 is 3.00 bits per heavy atom. The van der Waals surface area contributed by atoms with Gasteiger partial charge in [-0.15, -0.1) is 10.2 Å². The Bertz CT molecular complexity index is 687. The molecule has 2 aromatic heterocycles. The maximum atomic E-state index is 12.1. The van der Waals surface area contributed by atoms with Crippen molar-refractivity contribution >= 4 is 5.91 Å². The van der Waals surface area contributed by atoms with E-state index in [0.717, 1.165) is 24.4 Å². The van der Waals surface area contributed by atoms with Gasteiger partial charge in [0, 0.05) is 37.5 Å². The summed E-state index contributed by atoms with van der Waals surface area (Å²) in [5, 5.41) is 18.6. The van der Waals surface area contributed by atoms with E-state index in [2.05, 4.69) is 39.6 Å². The van der Waals surface area contributed by atoms with Crippen LogP contribution in [0.4, 0.5) is 0 Å². The second-order valence-electron chi connectivity index (χ2n) is 6.68. The van der Waals surface area contributed by atoms with E-state index < -0.39 is 0 Å². The third kappa shape index (κ3) is 3.83. The molecule has 0 atom stereocenters. The first-order valence-electron chi connectivity index (χ1n) is 8.85. The maximum Gasteiger partial charge on any atom is 0.220 e. The van der Waals surface area contributed by atoms with Crippen molar-refractivity contribution in [3.63, 3.8) is 0 Å². The summed E-state index contributed by atoms with van der Waals surface area (Å²) < 4.78 is 2.03. The highest BCUT2D eigenvalue weighted by atomic mass is 16.1. The Kier molecular flexibility index (Phi) is 5.27. The van der Waals surface area contributed by atoms with Crippen LogP contribution in [-0.4, -0.2) is 37.4 Å². The third-order valence-electron chi connectivity index (χ3n) is 4.61. The van der Waals surface area contributed by atoms with Crippen LogP contribution in [0.2, 0.25) is 0 Å². The fourth-order valence-electron chi connectivity index (χ4n) is 3.27. The van der Waals surface area contributed by atoms with Crippen molar-refractivity contribution < 1.29 is 4.79 Å². The van der Waals surface area contributed by atoms with Crippen molar-refractivity contribution in [1.29, 1.82) is 0 Å². The monoisotopic (exact) mass is 330 g/mol. The van der Waals surface area contributed by atoms with Gasteiger partial charge in [0.15, 0.2) is 0 Å². The van der Waals surface area contributed by atoms with Crippen LogP contribution in [-0.2, 0) is 30.5 Å². The van der Waals surface area contributed by atoms with E-state index in [0.29, 0.717) is 31.8 Å². The molecule has 0 spiro atoms. The lowest BCUT2D eigenvalue weighted by atomic mass is 9.94. The number of aryl methyl sites for hydroxylation is 2. The first-order valence-corrected chi connectivity index (χ1v) is 8.85. The molecule has 2 heterocycles. The van der Waals surface area contributed by atoms with Gasteiger partial charge in [-0.25, -0.2) is 0 Å². The lowest BCUT2D eigenvalue weighted by Crippen LogP contribution is -2.27. The van der Waals surface area contributed by atoms with Crippen molar-refractivity contribution in [1.82, 2.24) is 30.3 Å². The van der Waals surface area contributed by atoms with Crippen LogP contribution in [0, 0.1) is 0 Å². The Balaban J connectivity index is 1.43. The maximum absolute atomic E-state index is 12.1. The molecule has 0 aromatic carbocycles. The molecule has 7 nitrogen and oxygen atoms in total. The predicted octanol–water partition coefficient (Wildman–Crippen LogP) is 1.75. The number of fused-ring (bicyclic) bond motifs is 1. The molecule has 0 saturated heterocycles. The zero-order valence-electron chi connectivity index (χ0n) is 14.5. The average Bonchev–Trinajstić information content (AvgIpc) is 3.19. The van der Waals surface area contributed by atoms with Crippen molar-refractivity contribution in [2.75, 3.05) is 6.54 Å². The standard InChI is InChI=1S/C17H26N6O/c1-12(2)23-11-19-22-16(23)9-10-18-17(24)8-7-15-13-5-3-4-6-14(13)20-21-15/h11-12H,3-10H2,1-2H3,(H,18,24)(H,20,21). The van der Waals surface area contributed by atoms with Gasteiger partial charge in [0.1, 0.15) is 12.2 Å². The average molecular weight is 330 g/mol. The van der Waals surface area contributed by atoms with Crippen molar-refractivity contribution in [2.45, 2.75) is 64.8 Å². The van der Waals surface area contributed by atoms with Crippen LogP contribution >= 0.6 is 0 Å². The highest BCUT2D eigenvalue weighted by Gasteiger charge is 2.17. The molecule has 2 aromatic rings. The number of H-pyrrole nitrogens is 1. The fraction of sp³-hybridized carbons (Fsp3) is 0.647. The van der Waals surface area contributed by atoms with Gasteiger partial charge in [-0.3, -0.25) is 9.89 Å². The molecule has 130 valence electrons. The molecule has 0 radical (unpaired) electrons. The van der Waals surface area contributed by atoms with Crippen LogP contribution in [0.5, 0.6) is 0 Å². The van der Waals surface area contributed by atoms with Crippen LogP contribution in [0.15, 0.2) is 6.33 Å². The summed E-state index contributed by atoms with van der Waals surface area (Å²) in [6.07, 6.45) is 8.26. The highest BCUT2D eigenvalue weighted by Crippen LogP contribution is 2.22. The molecule has 7 heteroatoms. The summed E-state index contributed by atoms with van der Waals surface area (Å²) in [6, 6.07) is 0.330. The summed E-state index contributed by atoms with van der Waals surface area (Å²) in [5.41, 5.74) is 3.68. The van der Waals surface area contributed by atoms with Gasteiger partial charge in [0.05, 0.1) is 5.69 Å². The van der Waals surface area contributed by atoms with Gasteiger partial charge >= 0.3 is 0 Å². The zero-order valence-corrected chi connectivity index (χ0v) is 14.5. The van der Waals surface area contributed by atoms with Gasteiger partial charge in [0.2, 0.25) is 5.91 Å². The summed E-state index contributed by atoms with van der Waals surface area (Å²) in [4.78, 5) is 12.1. The van der Waals surface area contributed by atoms with Gasteiger partial charge in [-0.05, 0) is 45.1 Å². The number of aromatic amines is 1. The molecule has 1 aliphatic rings. The van der Waals surface area contributed by atoms with E-state index in [1.807, 2.05) is 4.57 Å². The predicted molar refractivity (Wildman–Crippen MR) is 90.7 cm³/mol. The number of nitrogens with one attached hydrogen (secondary N) is 2. The minimum Gasteiger partial charge on any atom is -0.356 e. The minimum absolute atomic E-state index is 0.0678. The second-order valence-corrected chi connectivity index (χ2v) is 6.68. The molecular weight excluding hydrogens is 304 g/mol. The topological polar surface area (TPSA) is 88.5 Å². The Morgan fingerprint density at radius 1 is 1.33 bits per heavy atom. The summed E-state index contributed by atoms with van der Waals surface area (Å²) in [6.45, 7) is 4.77. The molecule has 0 aliphatic heterocycles. The smallest absolute Gasteiger partial charge is 0.220 e. The lowest BCUT2D eigenvalue weighted by Gasteiger charge is -2.11. The van der Waals surface area contributed by atoms with Crippen molar-refractivity contribution in [3.05, 3.63) is 29.1 Å². The van der Waals surface area contributed by atoms with Crippen molar-refractivity contribution in [3.8, 4) is 0 Å². The molecule has 0 saturated carbocycles. The van der Waals surface area contributed by atoms with E-state index in [9.17, 15) is 4.79 Å². The SMILES string of the molecule is CC(C)n1cnnc1CCNC(=O)CCc1n[nH]c2c1CCCC2. The fourth-order valence-corrected chi connectivity index (χ4v) is 3.27. The summed E-state index contributed by atoms with van der Waals surface area (Å²) >= 11 is 0. The van der Waals surface area contributed by atoms with E-state index in [1.54, 1.807) is 6.33 Å². The first kappa shape index (κ1) is 16.7. The highest BCUT2D eigenvalue weighted by molar-refractivity contribution is 5.76. The number of carbonyl (C=O) groups is 1. The molecule has 0 bridgehead atoms. The quantitative estimate of drug-likeness (QED) is 0.809. The zero-order chi connectivity index (χ0) is 16.9.